The minimum Gasteiger partial charge on any atom is -0.337 e. The van der Waals surface area contributed by atoms with Crippen molar-refractivity contribution < 1.29 is 4.79 Å². The van der Waals surface area contributed by atoms with Crippen LogP contribution in [0.2, 0.25) is 0 Å². The number of anilines is 1. The molecule has 0 unspecified atom stereocenters. The Balaban J connectivity index is 1.28. The molecule has 3 aromatic heterocycles. The van der Waals surface area contributed by atoms with Crippen LogP contribution in [0.1, 0.15) is 18.1 Å². The highest BCUT2D eigenvalue weighted by Crippen LogP contribution is 2.23. The summed E-state index contributed by atoms with van der Waals surface area (Å²) in [5.41, 5.74) is 1.72. The van der Waals surface area contributed by atoms with E-state index < -0.39 is 0 Å². The SMILES string of the molecule is O=C(NCCc1nnc2n1CCC2)Nc1nc(-c2cccnc2)cs1. The average Bonchev–Trinajstić information content (AvgIpc) is 3.34. The molecule has 0 bridgehead atoms. The van der Waals surface area contributed by atoms with Crippen LogP contribution in [0.5, 0.6) is 0 Å². The lowest BCUT2D eigenvalue weighted by molar-refractivity contribution is 0.252. The number of aromatic nitrogens is 5. The molecule has 4 rings (SSSR count). The van der Waals surface area contributed by atoms with Gasteiger partial charge in [-0.25, -0.2) is 9.78 Å². The summed E-state index contributed by atoms with van der Waals surface area (Å²) in [6.07, 6.45) is 6.24. The average molecular weight is 355 g/mol. The summed E-state index contributed by atoms with van der Waals surface area (Å²) >= 11 is 1.38. The van der Waals surface area contributed by atoms with E-state index in [2.05, 4.69) is 35.4 Å². The fourth-order valence-electron chi connectivity index (χ4n) is 2.80. The summed E-state index contributed by atoms with van der Waals surface area (Å²) in [7, 11) is 0. The highest BCUT2D eigenvalue weighted by molar-refractivity contribution is 7.14. The summed E-state index contributed by atoms with van der Waals surface area (Å²) in [5.74, 6) is 1.98. The van der Waals surface area contributed by atoms with Crippen molar-refractivity contribution in [3.8, 4) is 11.3 Å². The number of pyridine rings is 1. The molecule has 0 atom stereocenters. The number of amides is 2. The summed E-state index contributed by atoms with van der Waals surface area (Å²) in [6, 6.07) is 3.52. The lowest BCUT2D eigenvalue weighted by Crippen LogP contribution is -2.30. The van der Waals surface area contributed by atoms with Gasteiger partial charge in [-0.3, -0.25) is 10.3 Å². The maximum absolute atomic E-state index is 12.0. The van der Waals surface area contributed by atoms with Crippen molar-refractivity contribution in [2.75, 3.05) is 11.9 Å². The minimum atomic E-state index is -0.270. The molecule has 2 amide bonds. The van der Waals surface area contributed by atoms with Crippen LogP contribution in [-0.4, -0.2) is 37.3 Å². The van der Waals surface area contributed by atoms with Gasteiger partial charge in [-0.05, 0) is 18.6 Å². The number of carbonyl (C=O) groups is 1. The number of fused-ring (bicyclic) bond motifs is 1. The monoisotopic (exact) mass is 355 g/mol. The lowest BCUT2D eigenvalue weighted by atomic mass is 10.2. The second-order valence-corrected chi connectivity index (χ2v) is 6.56. The van der Waals surface area contributed by atoms with Crippen molar-refractivity contribution >= 4 is 22.5 Å². The quantitative estimate of drug-likeness (QED) is 0.730. The molecule has 9 heteroatoms. The number of rotatable bonds is 5. The highest BCUT2D eigenvalue weighted by Gasteiger charge is 2.17. The summed E-state index contributed by atoms with van der Waals surface area (Å²) in [4.78, 5) is 20.5. The Labute approximate surface area is 148 Å². The predicted molar refractivity (Wildman–Crippen MR) is 94.4 cm³/mol. The smallest absolute Gasteiger partial charge is 0.321 e. The molecule has 1 aliphatic heterocycles. The Hall–Kier alpha value is -2.81. The number of urea groups is 1. The van der Waals surface area contributed by atoms with Crippen molar-refractivity contribution in [1.29, 1.82) is 0 Å². The highest BCUT2D eigenvalue weighted by atomic mass is 32.1. The Bertz CT molecular complexity index is 874. The number of aryl methyl sites for hydroxylation is 1. The molecule has 25 heavy (non-hydrogen) atoms. The molecule has 3 aromatic rings. The van der Waals surface area contributed by atoms with E-state index in [1.54, 1.807) is 12.4 Å². The van der Waals surface area contributed by atoms with E-state index in [0.29, 0.717) is 18.1 Å². The van der Waals surface area contributed by atoms with Crippen molar-refractivity contribution in [1.82, 2.24) is 30.0 Å². The number of nitrogens with one attached hydrogen (secondary N) is 2. The third kappa shape index (κ3) is 3.50. The third-order valence-electron chi connectivity index (χ3n) is 4.00. The van der Waals surface area contributed by atoms with Gasteiger partial charge < -0.3 is 9.88 Å². The van der Waals surface area contributed by atoms with Crippen LogP contribution in [0.4, 0.5) is 9.93 Å². The van der Waals surface area contributed by atoms with Gasteiger partial charge in [0.2, 0.25) is 0 Å². The van der Waals surface area contributed by atoms with Crippen LogP contribution < -0.4 is 10.6 Å². The maximum Gasteiger partial charge on any atom is 0.321 e. The fraction of sp³-hybridized carbons (Fsp3) is 0.312. The standard InChI is InChI=1S/C16H17N7OS/c24-15(18-7-5-14-22-21-13-4-2-8-23(13)14)20-16-19-12(10-25-16)11-3-1-6-17-9-11/h1,3,6,9-10H,2,4-5,7-8H2,(H2,18,19,20,24). The second kappa shape index (κ2) is 6.98. The molecule has 4 heterocycles. The Morgan fingerprint density at radius 2 is 2.32 bits per heavy atom. The molecule has 2 N–H and O–H groups in total. The van der Waals surface area contributed by atoms with Gasteiger partial charge in [0.1, 0.15) is 11.6 Å². The molecular formula is C16H17N7OS. The topological polar surface area (TPSA) is 97.6 Å². The van der Waals surface area contributed by atoms with Crippen molar-refractivity contribution in [3.63, 3.8) is 0 Å². The molecule has 0 radical (unpaired) electrons. The first-order chi connectivity index (χ1) is 12.3. The Kier molecular flexibility index (Phi) is 4.38. The first-order valence-electron chi connectivity index (χ1n) is 8.11. The van der Waals surface area contributed by atoms with Crippen LogP contribution in [-0.2, 0) is 19.4 Å². The first-order valence-corrected chi connectivity index (χ1v) is 8.99. The molecule has 0 fully saturated rings. The second-order valence-electron chi connectivity index (χ2n) is 5.70. The van der Waals surface area contributed by atoms with Crippen LogP contribution in [0.3, 0.4) is 0 Å². The summed E-state index contributed by atoms with van der Waals surface area (Å²) in [5, 5.41) is 16.4. The number of nitrogens with zero attached hydrogens (tertiary/aromatic N) is 5. The normalized spacial score (nSPS) is 12.8. The molecule has 0 aliphatic carbocycles. The van der Waals surface area contributed by atoms with Crippen LogP contribution in [0, 0.1) is 0 Å². The predicted octanol–water partition coefficient (Wildman–Crippen LogP) is 2.11. The van der Waals surface area contributed by atoms with Crippen molar-refractivity contribution in [2.45, 2.75) is 25.8 Å². The van der Waals surface area contributed by atoms with Crippen LogP contribution >= 0.6 is 11.3 Å². The van der Waals surface area contributed by atoms with Gasteiger partial charge in [-0.1, -0.05) is 0 Å². The largest absolute Gasteiger partial charge is 0.337 e. The summed E-state index contributed by atoms with van der Waals surface area (Å²) in [6.45, 7) is 1.48. The van der Waals surface area contributed by atoms with E-state index in [4.69, 9.17) is 0 Å². The van der Waals surface area contributed by atoms with Crippen molar-refractivity contribution in [3.05, 3.63) is 41.6 Å². The molecule has 0 saturated carbocycles. The van der Waals surface area contributed by atoms with E-state index in [0.717, 1.165) is 42.3 Å². The number of thiazole rings is 1. The molecule has 1 aliphatic rings. The number of carbonyl (C=O) groups excluding carboxylic acids is 1. The molecule has 0 aromatic carbocycles. The van der Waals surface area contributed by atoms with E-state index >= 15 is 0 Å². The van der Waals surface area contributed by atoms with Crippen LogP contribution in [0.25, 0.3) is 11.3 Å². The van der Waals surface area contributed by atoms with E-state index in [1.807, 2.05) is 17.5 Å². The lowest BCUT2D eigenvalue weighted by Gasteiger charge is -2.06. The van der Waals surface area contributed by atoms with Gasteiger partial charge in [0.05, 0.1) is 5.69 Å². The van der Waals surface area contributed by atoms with Gasteiger partial charge in [0, 0.05) is 49.3 Å². The van der Waals surface area contributed by atoms with E-state index in [9.17, 15) is 4.79 Å². The molecule has 0 saturated heterocycles. The minimum absolute atomic E-state index is 0.270. The fourth-order valence-corrected chi connectivity index (χ4v) is 3.52. The zero-order valence-corrected chi connectivity index (χ0v) is 14.3. The van der Waals surface area contributed by atoms with Gasteiger partial charge >= 0.3 is 6.03 Å². The number of hydrogen-bond donors (Lipinski definition) is 2. The first kappa shape index (κ1) is 15.7. The zero-order valence-electron chi connectivity index (χ0n) is 13.5. The molecule has 128 valence electrons. The molecule has 0 spiro atoms. The van der Waals surface area contributed by atoms with E-state index in [1.165, 1.54) is 11.3 Å². The van der Waals surface area contributed by atoms with Gasteiger partial charge in [-0.2, -0.15) is 0 Å². The Morgan fingerprint density at radius 1 is 1.36 bits per heavy atom. The number of hydrogen-bond acceptors (Lipinski definition) is 6. The molecular weight excluding hydrogens is 338 g/mol. The maximum atomic E-state index is 12.0. The summed E-state index contributed by atoms with van der Waals surface area (Å²) < 4.78 is 2.14. The van der Waals surface area contributed by atoms with Gasteiger partial charge in [0.15, 0.2) is 5.13 Å². The van der Waals surface area contributed by atoms with Crippen molar-refractivity contribution in [2.24, 2.45) is 0 Å². The van der Waals surface area contributed by atoms with Gasteiger partial charge in [0.25, 0.3) is 0 Å². The Morgan fingerprint density at radius 3 is 3.20 bits per heavy atom. The van der Waals surface area contributed by atoms with E-state index in [-0.39, 0.29) is 6.03 Å². The molecule has 8 nitrogen and oxygen atoms in total. The third-order valence-corrected chi connectivity index (χ3v) is 4.76. The van der Waals surface area contributed by atoms with Crippen LogP contribution in [0.15, 0.2) is 29.9 Å². The zero-order chi connectivity index (χ0) is 17.1. The van der Waals surface area contributed by atoms with Gasteiger partial charge in [-0.15, -0.1) is 21.5 Å².